The summed E-state index contributed by atoms with van der Waals surface area (Å²) in [4.78, 5) is 50.8. The molecule has 0 aliphatic carbocycles. The maximum Gasteiger partial charge on any atom is 0.174 e. The fraction of sp³-hybridized carbons (Fsp3) is 0.352. The first-order valence-electron chi connectivity index (χ1n) is 43.1. The van der Waals surface area contributed by atoms with Gasteiger partial charge < -0.3 is 95.5 Å². The molecule has 4 heterocycles. The summed E-state index contributed by atoms with van der Waals surface area (Å²) in [6.45, 7) is 28.0. The molecule has 4 atom stereocenters. The first-order chi connectivity index (χ1) is 60.4. The van der Waals surface area contributed by atoms with Gasteiger partial charge in [0.05, 0.1) is 31.3 Å². The van der Waals surface area contributed by atoms with Gasteiger partial charge >= 0.3 is 0 Å². The molecule has 4 aliphatic heterocycles. The lowest BCUT2D eigenvalue weighted by Gasteiger charge is -2.28. The first kappa shape index (κ1) is 98.5. The largest absolute Gasteiger partial charge is 0.508 e. The quantitative estimate of drug-likeness (QED) is 0.0168. The Morgan fingerprint density at radius 1 is 0.320 bits per heavy atom. The van der Waals surface area contributed by atoms with Gasteiger partial charge in [-0.25, -0.2) is 0 Å². The van der Waals surface area contributed by atoms with Crippen LogP contribution in [0.15, 0.2) is 196 Å². The highest BCUT2D eigenvalue weighted by Crippen LogP contribution is 2.50. The molecule has 23 nitrogen and oxygen atoms in total. The van der Waals surface area contributed by atoms with E-state index in [4.69, 9.17) is 18.9 Å². The molecule has 23 heteroatoms. The summed E-state index contributed by atoms with van der Waals surface area (Å²) in [5.41, 5.74) is 14.6. The lowest BCUT2D eigenvalue weighted by Crippen LogP contribution is -2.22. The van der Waals surface area contributed by atoms with Crippen LogP contribution in [0.5, 0.6) is 103 Å². The average molecular weight is 1750 g/mol. The van der Waals surface area contributed by atoms with Crippen molar-refractivity contribution < 1.29 is 115 Å². The lowest BCUT2D eigenvalue weighted by molar-refractivity contribution is 0.0688. The van der Waals surface area contributed by atoms with Crippen LogP contribution in [-0.2, 0) is 32.1 Å². The van der Waals surface area contributed by atoms with Crippen molar-refractivity contribution in [2.45, 2.75) is 243 Å². The van der Waals surface area contributed by atoms with Gasteiger partial charge in [-0.1, -0.05) is 111 Å². The van der Waals surface area contributed by atoms with E-state index < -0.39 is 30.0 Å². The van der Waals surface area contributed by atoms with Crippen LogP contribution in [0.25, 0.3) is 0 Å². The summed E-state index contributed by atoms with van der Waals surface area (Å²) < 4.78 is 23.7. The molecule has 0 amide bonds. The molecule has 0 saturated carbocycles. The summed E-state index contributed by atoms with van der Waals surface area (Å²) in [5, 5.41) is 152. The maximum atomic E-state index is 13.2. The number of phenolic OH excluding ortho intramolecular Hbond substituents is 14. The van der Waals surface area contributed by atoms with Crippen LogP contribution in [0.3, 0.4) is 0 Å². The van der Waals surface area contributed by atoms with Gasteiger partial charge in [-0.3, -0.25) is 19.2 Å². The highest BCUT2D eigenvalue weighted by atomic mass is 16.5. The van der Waals surface area contributed by atoms with Crippen LogP contribution in [0, 0.1) is 0 Å². The van der Waals surface area contributed by atoms with Crippen LogP contribution >= 0.6 is 0 Å². The van der Waals surface area contributed by atoms with Crippen molar-refractivity contribution in [3.8, 4) is 103 Å². The molecule has 4 aliphatic rings. The zero-order valence-electron chi connectivity index (χ0n) is 75.4. The molecule has 0 aromatic heterocycles. The third kappa shape index (κ3) is 27.1. The Kier molecular flexibility index (Phi) is 34.0. The molecule has 680 valence electrons. The van der Waals surface area contributed by atoms with E-state index in [-0.39, 0.29) is 180 Å². The molecule has 128 heavy (non-hydrogen) atoms. The number of carbonyl (C=O) groups excluding carboxylic acids is 4. The van der Waals surface area contributed by atoms with Crippen LogP contribution < -0.4 is 18.9 Å². The Balaban J connectivity index is 0.000000193. The van der Waals surface area contributed by atoms with E-state index in [1.165, 1.54) is 69.8 Å². The van der Waals surface area contributed by atoms with Crippen molar-refractivity contribution in [3.05, 3.63) is 269 Å². The molecule has 0 radical (unpaired) electrons. The van der Waals surface area contributed by atoms with Gasteiger partial charge in [0.15, 0.2) is 46.1 Å². The van der Waals surface area contributed by atoms with E-state index in [0.717, 1.165) is 109 Å². The smallest absolute Gasteiger partial charge is 0.174 e. The van der Waals surface area contributed by atoms with Crippen molar-refractivity contribution in [2.75, 3.05) is 0 Å². The van der Waals surface area contributed by atoms with Gasteiger partial charge in [0.1, 0.15) is 127 Å². The van der Waals surface area contributed by atoms with Crippen molar-refractivity contribution in [3.63, 3.8) is 0 Å². The number of benzene rings is 8. The number of rotatable bonds is 27. The molecule has 15 N–H and O–H groups in total. The van der Waals surface area contributed by atoms with Gasteiger partial charge in [0, 0.05) is 64.7 Å². The molecular formula is C105H122O23. The van der Waals surface area contributed by atoms with E-state index in [0.29, 0.717) is 54.4 Å². The normalized spacial score (nSPS) is 15.9. The van der Waals surface area contributed by atoms with E-state index in [1.807, 2.05) is 65.0 Å². The van der Waals surface area contributed by atoms with Crippen molar-refractivity contribution in [1.29, 1.82) is 0 Å². The van der Waals surface area contributed by atoms with Gasteiger partial charge in [-0.05, 0) is 257 Å². The van der Waals surface area contributed by atoms with Crippen LogP contribution in [-0.4, -0.2) is 105 Å². The second kappa shape index (κ2) is 44.2. The van der Waals surface area contributed by atoms with E-state index in [2.05, 4.69) is 78.8 Å². The lowest BCUT2D eigenvalue weighted by atomic mass is 9.89. The van der Waals surface area contributed by atoms with Crippen LogP contribution in [0.4, 0.5) is 0 Å². The number of phenols is 14. The Labute approximate surface area is 748 Å². The molecule has 0 spiro atoms. The Morgan fingerprint density at radius 3 is 1.09 bits per heavy atom. The Hall–Kier alpha value is -13.3. The number of hydrogen-bond acceptors (Lipinski definition) is 23. The van der Waals surface area contributed by atoms with Crippen LogP contribution in [0.2, 0.25) is 0 Å². The predicted octanol–water partition coefficient (Wildman–Crippen LogP) is 23.1. The third-order valence-electron chi connectivity index (χ3n) is 22.4. The zero-order valence-corrected chi connectivity index (χ0v) is 75.4. The minimum absolute atomic E-state index is 0.0344. The number of ketones is 4. The van der Waals surface area contributed by atoms with Gasteiger partial charge in [0.25, 0.3) is 0 Å². The second-order valence-electron chi connectivity index (χ2n) is 35.0. The van der Waals surface area contributed by atoms with Crippen molar-refractivity contribution in [2.24, 2.45) is 0 Å². The number of hydrogen-bond donors (Lipinski definition) is 15. The molecular weight excluding hydrogens is 1630 g/mol. The molecule has 12 rings (SSSR count). The minimum Gasteiger partial charge on any atom is -0.508 e. The van der Waals surface area contributed by atoms with Crippen molar-refractivity contribution >= 4 is 23.1 Å². The number of aliphatic hydroxyl groups is 1. The summed E-state index contributed by atoms with van der Waals surface area (Å²) in [5.74, 6) is -3.16. The summed E-state index contributed by atoms with van der Waals surface area (Å²) in [6, 6.07) is 25.0. The molecule has 0 fully saturated rings. The van der Waals surface area contributed by atoms with E-state index in [1.54, 1.807) is 50.2 Å². The van der Waals surface area contributed by atoms with Crippen LogP contribution in [0.1, 0.15) is 296 Å². The second-order valence-corrected chi connectivity index (χ2v) is 35.0. The van der Waals surface area contributed by atoms with Gasteiger partial charge in [-0.15, -0.1) is 0 Å². The molecule has 8 aromatic carbocycles. The number of aromatic hydroxyl groups is 14. The number of allylic oxidation sites excluding steroid dienone is 16. The number of Topliss-reactive ketones (excluding diaryl/α,β-unsaturated/α-hetero) is 4. The molecule has 0 unspecified atom stereocenters. The zero-order chi connectivity index (χ0) is 93.9. The monoisotopic (exact) mass is 1750 g/mol. The van der Waals surface area contributed by atoms with Crippen molar-refractivity contribution in [1.82, 2.24) is 0 Å². The third-order valence-corrected chi connectivity index (χ3v) is 22.4. The number of ether oxygens (including phenoxy) is 4. The van der Waals surface area contributed by atoms with Gasteiger partial charge in [-0.2, -0.15) is 0 Å². The van der Waals surface area contributed by atoms with E-state index >= 15 is 0 Å². The fourth-order valence-electron chi connectivity index (χ4n) is 15.3. The predicted molar refractivity (Wildman–Crippen MR) is 493 cm³/mol. The molecule has 8 aromatic rings. The standard InChI is InChI=1S/C30H36O6.C25H30O6.C25H28O6.C25H28O5/c1-17(2)7-6-8-19(5)10-12-22-24(32)15-27-28(30(22)35)25(33)16-26(36-27)20-13-14-23(31)29(34)21(20)11-9-18(3)4;1-15(5-4-10-25(2,3)30)6-7-16-11-17(8-9-19(16)27)22-14-21(29)24-20(28)12-18(26)13-23(24)31-22;1-14(2)5-4-6-15(3)7-8-16-9-17(10-21(29)25(16)30)22-13-20(28)24-19(27)11-18(26)12-23(24)31-22;1-15(2)5-4-6-16(3)7-8-17-11-18(9-10-20(17)27)23-14-22(29)25-21(28)12-19(26)13-24(25)30-23/h7,9-10,13-15,26,31-32,34-35H,6,8,11-12,16H2,1-5H3;6,8-9,11-13,22,26-28,30H,4-5,7,10,14H2,1-3H3;5,7,9-12,22,26-27,29-30H,4,6,8,13H2,1-3H3;5,7,9-13,23,26-28H,4,6,8,14H2,1-3H3/b19-10+;15-6+;15-7+;16-7+/t26-;2*22-;23-/m0000/s1. The highest BCUT2D eigenvalue weighted by Gasteiger charge is 2.37. The average Bonchev–Trinajstić information content (AvgIpc) is 0.774. The topological polar surface area (TPSA) is 409 Å². The minimum atomic E-state index is -0.737. The SMILES string of the molecule is C/C(=C\Cc1cc([C@@H]2CC(=O)c3c(O)cc(O)cc3O2)ccc1O)CCCC(C)(C)O.CC(C)=CCC/C(C)=C/Cc1c(O)cc2c(c1O)C(=O)C[C@@H](c1ccc(O)c(O)c1CC=C(C)C)O2.CC(C)=CCC/C(C)=C/Cc1cc([C@@H]2CC(=O)c3c(O)cc(O)cc3O2)cc(O)c1O.CC(C)=CCC/C(C)=C/Cc1cc([C@@H]2CC(=O)c3c(O)cc(O)cc3O2)ccc1O. The fourth-order valence-corrected chi connectivity index (χ4v) is 15.3. The number of carbonyl (C=O) groups is 4. The Bertz CT molecular complexity index is 5700. The maximum absolute atomic E-state index is 13.2. The first-order valence-corrected chi connectivity index (χ1v) is 43.1. The molecule has 0 saturated heterocycles. The molecule has 0 bridgehead atoms. The van der Waals surface area contributed by atoms with E-state index in [9.17, 15) is 95.8 Å². The summed E-state index contributed by atoms with van der Waals surface area (Å²) in [7, 11) is 0. The summed E-state index contributed by atoms with van der Waals surface area (Å²) >= 11 is 0. The van der Waals surface area contributed by atoms with Gasteiger partial charge in [0.2, 0.25) is 0 Å². The highest BCUT2D eigenvalue weighted by molar-refractivity contribution is 6.05. The summed E-state index contributed by atoms with van der Waals surface area (Å²) in [6.07, 6.45) is 24.3. The Morgan fingerprint density at radius 2 is 0.672 bits per heavy atom. The number of fused-ring (bicyclic) bond motifs is 4.